The van der Waals surface area contributed by atoms with Crippen LogP contribution in [-0.4, -0.2) is 51.6 Å². The maximum absolute atomic E-state index is 13.5. The summed E-state index contributed by atoms with van der Waals surface area (Å²) in [5.74, 6) is 0.290. The van der Waals surface area contributed by atoms with Crippen LogP contribution >= 0.6 is 0 Å². The molecule has 0 aliphatic heterocycles. The van der Waals surface area contributed by atoms with Crippen molar-refractivity contribution < 1.29 is 12.8 Å². The molecule has 0 aliphatic carbocycles. The molecule has 23 heavy (non-hydrogen) atoms. The third-order valence-corrected chi connectivity index (χ3v) is 4.70. The van der Waals surface area contributed by atoms with Gasteiger partial charge < -0.3 is 10.6 Å². The number of hydrogen-bond donors (Lipinski definition) is 2. The van der Waals surface area contributed by atoms with Gasteiger partial charge in [-0.25, -0.2) is 17.1 Å². The molecule has 130 valence electrons. The molecule has 0 fully saturated rings. The van der Waals surface area contributed by atoms with Gasteiger partial charge in [0.2, 0.25) is 10.0 Å². The van der Waals surface area contributed by atoms with E-state index in [1.54, 1.807) is 25.2 Å². The molecule has 0 aromatic heterocycles. The Hall–Kier alpha value is -1.67. The summed E-state index contributed by atoms with van der Waals surface area (Å²) in [5, 5.41) is 6.11. The summed E-state index contributed by atoms with van der Waals surface area (Å²) < 4.78 is 37.9. The summed E-state index contributed by atoms with van der Waals surface area (Å²) in [4.78, 5) is 4.06. The van der Waals surface area contributed by atoms with Crippen LogP contribution in [-0.2, 0) is 16.6 Å². The van der Waals surface area contributed by atoms with Crippen molar-refractivity contribution in [2.45, 2.75) is 19.9 Å². The zero-order chi connectivity index (χ0) is 17.3. The number of hydrogen-bond acceptors (Lipinski definition) is 3. The molecule has 0 radical (unpaired) electrons. The Bertz CT molecular complexity index is 620. The summed E-state index contributed by atoms with van der Waals surface area (Å²) in [6.07, 6.45) is 1.86. The van der Waals surface area contributed by atoms with E-state index in [4.69, 9.17) is 0 Å². The quantitative estimate of drug-likeness (QED) is 0.422. The predicted octanol–water partition coefficient (Wildman–Crippen LogP) is 1.16. The number of rotatable bonds is 8. The van der Waals surface area contributed by atoms with Crippen molar-refractivity contribution in [2.75, 3.05) is 32.9 Å². The first-order chi connectivity index (χ1) is 10.9. The largest absolute Gasteiger partial charge is 0.356 e. The molecule has 0 spiro atoms. The minimum atomic E-state index is -3.15. The van der Waals surface area contributed by atoms with Crippen LogP contribution in [0.4, 0.5) is 4.39 Å². The molecule has 2 N–H and O–H groups in total. The van der Waals surface area contributed by atoms with Crippen LogP contribution in [0, 0.1) is 5.82 Å². The van der Waals surface area contributed by atoms with Crippen molar-refractivity contribution in [1.82, 2.24) is 14.9 Å². The SMILES string of the molecule is CCN(CCCNC(=NC)NCc1ccccc1F)S(C)(=O)=O. The summed E-state index contributed by atoms with van der Waals surface area (Å²) in [6.45, 7) is 3.62. The van der Waals surface area contributed by atoms with E-state index < -0.39 is 10.0 Å². The third kappa shape index (κ3) is 6.96. The zero-order valence-electron chi connectivity index (χ0n) is 13.8. The molecule has 0 bridgehead atoms. The van der Waals surface area contributed by atoms with Gasteiger partial charge in [0.1, 0.15) is 5.82 Å². The van der Waals surface area contributed by atoms with E-state index in [2.05, 4.69) is 15.6 Å². The smallest absolute Gasteiger partial charge is 0.211 e. The third-order valence-electron chi connectivity index (χ3n) is 3.33. The summed E-state index contributed by atoms with van der Waals surface area (Å²) >= 11 is 0. The van der Waals surface area contributed by atoms with Gasteiger partial charge in [-0.05, 0) is 12.5 Å². The highest BCUT2D eigenvalue weighted by Gasteiger charge is 2.13. The highest BCUT2D eigenvalue weighted by Crippen LogP contribution is 2.05. The Kier molecular flexibility index (Phi) is 7.97. The van der Waals surface area contributed by atoms with Gasteiger partial charge >= 0.3 is 0 Å². The van der Waals surface area contributed by atoms with Gasteiger partial charge in [-0.2, -0.15) is 0 Å². The number of sulfonamides is 1. The second kappa shape index (κ2) is 9.46. The standard InChI is InChI=1S/C15H25FN4O2S/c1-4-20(23(3,21)22)11-7-10-18-15(17-2)19-12-13-8-5-6-9-14(13)16/h5-6,8-9H,4,7,10-12H2,1-3H3,(H2,17,18,19). The highest BCUT2D eigenvalue weighted by atomic mass is 32.2. The first-order valence-electron chi connectivity index (χ1n) is 7.51. The van der Waals surface area contributed by atoms with Crippen molar-refractivity contribution in [1.29, 1.82) is 0 Å². The highest BCUT2D eigenvalue weighted by molar-refractivity contribution is 7.88. The van der Waals surface area contributed by atoms with E-state index >= 15 is 0 Å². The number of halogens is 1. The van der Waals surface area contributed by atoms with E-state index in [0.717, 1.165) is 0 Å². The van der Waals surface area contributed by atoms with E-state index in [0.29, 0.717) is 44.1 Å². The number of benzene rings is 1. The number of guanidine groups is 1. The zero-order valence-corrected chi connectivity index (χ0v) is 14.7. The molecular formula is C15H25FN4O2S. The monoisotopic (exact) mass is 344 g/mol. The van der Waals surface area contributed by atoms with Crippen molar-refractivity contribution in [3.8, 4) is 0 Å². The normalized spacial score (nSPS) is 12.5. The van der Waals surface area contributed by atoms with Gasteiger partial charge in [0.25, 0.3) is 0 Å². The fraction of sp³-hybridized carbons (Fsp3) is 0.533. The molecular weight excluding hydrogens is 319 g/mol. The van der Waals surface area contributed by atoms with Crippen LogP contribution in [0.5, 0.6) is 0 Å². The van der Waals surface area contributed by atoms with Crippen molar-refractivity contribution in [3.05, 3.63) is 35.6 Å². The summed E-state index contributed by atoms with van der Waals surface area (Å²) in [5.41, 5.74) is 0.560. The summed E-state index contributed by atoms with van der Waals surface area (Å²) in [7, 11) is -1.52. The molecule has 1 aromatic carbocycles. The van der Waals surface area contributed by atoms with Gasteiger partial charge in [-0.3, -0.25) is 4.99 Å². The van der Waals surface area contributed by atoms with E-state index in [1.165, 1.54) is 16.6 Å². The maximum Gasteiger partial charge on any atom is 0.211 e. The van der Waals surface area contributed by atoms with E-state index in [9.17, 15) is 12.8 Å². The Labute approximate surface area is 137 Å². The summed E-state index contributed by atoms with van der Waals surface area (Å²) in [6, 6.07) is 6.55. The van der Waals surface area contributed by atoms with Gasteiger partial charge in [0.15, 0.2) is 5.96 Å². The van der Waals surface area contributed by atoms with E-state index in [1.807, 2.05) is 6.92 Å². The molecule has 0 saturated heterocycles. The minimum absolute atomic E-state index is 0.262. The Morgan fingerprint density at radius 1 is 1.30 bits per heavy atom. The van der Waals surface area contributed by atoms with Crippen LogP contribution in [0.2, 0.25) is 0 Å². The molecule has 0 unspecified atom stereocenters. The van der Waals surface area contributed by atoms with Crippen molar-refractivity contribution in [3.63, 3.8) is 0 Å². The molecule has 0 atom stereocenters. The second-order valence-electron chi connectivity index (χ2n) is 5.05. The van der Waals surface area contributed by atoms with E-state index in [-0.39, 0.29) is 5.82 Å². The second-order valence-corrected chi connectivity index (χ2v) is 7.03. The molecule has 1 rings (SSSR count). The van der Waals surface area contributed by atoms with Crippen molar-refractivity contribution in [2.24, 2.45) is 4.99 Å². The van der Waals surface area contributed by atoms with Crippen LogP contribution in [0.25, 0.3) is 0 Å². The molecule has 0 amide bonds. The molecule has 0 aliphatic rings. The maximum atomic E-state index is 13.5. The van der Waals surface area contributed by atoms with Crippen LogP contribution in [0.1, 0.15) is 18.9 Å². The first kappa shape index (κ1) is 19.4. The predicted molar refractivity (Wildman–Crippen MR) is 91.3 cm³/mol. The van der Waals surface area contributed by atoms with Crippen LogP contribution in [0.3, 0.4) is 0 Å². The molecule has 6 nitrogen and oxygen atoms in total. The molecule has 1 aromatic rings. The fourth-order valence-corrected chi connectivity index (χ4v) is 2.99. The molecule has 8 heteroatoms. The number of aliphatic imine (C=N–C) groups is 1. The minimum Gasteiger partial charge on any atom is -0.356 e. The number of nitrogens with one attached hydrogen (secondary N) is 2. The Morgan fingerprint density at radius 2 is 2.00 bits per heavy atom. The average Bonchev–Trinajstić information content (AvgIpc) is 2.50. The average molecular weight is 344 g/mol. The van der Waals surface area contributed by atoms with Gasteiger partial charge in [0, 0.05) is 38.8 Å². The lowest BCUT2D eigenvalue weighted by atomic mass is 10.2. The van der Waals surface area contributed by atoms with Crippen LogP contribution in [0.15, 0.2) is 29.3 Å². The molecule has 0 saturated carbocycles. The van der Waals surface area contributed by atoms with Gasteiger partial charge in [0.05, 0.1) is 6.26 Å². The lowest BCUT2D eigenvalue weighted by Gasteiger charge is -2.18. The van der Waals surface area contributed by atoms with Crippen molar-refractivity contribution >= 4 is 16.0 Å². The fourth-order valence-electron chi connectivity index (χ4n) is 2.06. The Balaban J connectivity index is 2.36. The molecule has 0 heterocycles. The van der Waals surface area contributed by atoms with Gasteiger partial charge in [-0.15, -0.1) is 0 Å². The van der Waals surface area contributed by atoms with Gasteiger partial charge in [-0.1, -0.05) is 25.1 Å². The topological polar surface area (TPSA) is 73.8 Å². The first-order valence-corrected chi connectivity index (χ1v) is 9.36. The lowest BCUT2D eigenvalue weighted by Crippen LogP contribution is -2.39. The lowest BCUT2D eigenvalue weighted by molar-refractivity contribution is 0.424. The van der Waals surface area contributed by atoms with Crippen LogP contribution < -0.4 is 10.6 Å². The Morgan fingerprint density at radius 3 is 2.57 bits per heavy atom. The number of nitrogens with zero attached hydrogens (tertiary/aromatic N) is 2.